The van der Waals surface area contributed by atoms with E-state index < -0.39 is 0 Å². The highest BCUT2D eigenvalue weighted by Gasteiger charge is 2.19. The maximum Gasteiger partial charge on any atom is 0.231 e. The number of ketones is 1. The lowest BCUT2D eigenvalue weighted by Gasteiger charge is -2.13. The Kier molecular flexibility index (Phi) is 6.72. The number of fused-ring (bicyclic) bond motifs is 1. The first-order chi connectivity index (χ1) is 17.1. The topological polar surface area (TPSA) is 75.5 Å². The van der Waals surface area contributed by atoms with Crippen LogP contribution in [0, 0.1) is 0 Å². The molecular weight excluding hydrogens is 462 g/mol. The van der Waals surface area contributed by atoms with Crippen molar-refractivity contribution in [2.24, 2.45) is 0 Å². The molecule has 3 aromatic carbocycles. The predicted molar refractivity (Wildman–Crippen MR) is 134 cm³/mol. The van der Waals surface area contributed by atoms with Gasteiger partial charge >= 0.3 is 0 Å². The van der Waals surface area contributed by atoms with E-state index in [0.717, 1.165) is 44.9 Å². The van der Waals surface area contributed by atoms with Crippen LogP contribution in [-0.2, 0) is 12.3 Å². The minimum Gasteiger partial charge on any atom is -0.494 e. The molecule has 0 fully saturated rings. The van der Waals surface area contributed by atoms with Gasteiger partial charge in [0.05, 0.1) is 13.2 Å². The highest BCUT2D eigenvalue weighted by Crippen LogP contribution is 2.35. The molecule has 0 N–H and O–H groups in total. The largest absolute Gasteiger partial charge is 0.494 e. The second-order valence-electron chi connectivity index (χ2n) is 8.05. The van der Waals surface area contributed by atoms with Gasteiger partial charge in [0, 0.05) is 22.4 Å². The van der Waals surface area contributed by atoms with Gasteiger partial charge in [-0.3, -0.25) is 9.36 Å². The van der Waals surface area contributed by atoms with Crippen LogP contribution in [0.5, 0.6) is 17.2 Å². The molecule has 5 rings (SSSR count). The van der Waals surface area contributed by atoms with Crippen LogP contribution < -0.4 is 14.2 Å². The van der Waals surface area contributed by atoms with Crippen LogP contribution in [0.25, 0.3) is 11.4 Å². The van der Waals surface area contributed by atoms with Gasteiger partial charge < -0.3 is 14.2 Å². The summed E-state index contributed by atoms with van der Waals surface area (Å²) in [5.41, 5.74) is 3.65. The molecule has 2 heterocycles. The summed E-state index contributed by atoms with van der Waals surface area (Å²) in [6.45, 7) is 4.88. The third kappa shape index (κ3) is 5.02. The molecule has 0 radical (unpaired) electrons. The van der Waals surface area contributed by atoms with Gasteiger partial charge in [-0.25, -0.2) is 0 Å². The van der Waals surface area contributed by atoms with Crippen molar-refractivity contribution < 1.29 is 19.0 Å². The fourth-order valence-corrected chi connectivity index (χ4v) is 4.83. The first kappa shape index (κ1) is 23.0. The fraction of sp³-hybridized carbons (Fsp3) is 0.222. The Balaban J connectivity index is 1.47. The van der Waals surface area contributed by atoms with Crippen molar-refractivity contribution in [3.63, 3.8) is 0 Å². The zero-order valence-corrected chi connectivity index (χ0v) is 20.4. The zero-order valence-electron chi connectivity index (χ0n) is 19.6. The molecule has 1 aromatic heterocycles. The number of rotatable bonds is 9. The summed E-state index contributed by atoms with van der Waals surface area (Å²) in [6.07, 6.45) is 0. The number of ether oxygens (including phenoxy) is 3. The van der Waals surface area contributed by atoms with E-state index in [4.69, 9.17) is 14.2 Å². The summed E-state index contributed by atoms with van der Waals surface area (Å²) < 4.78 is 18.9. The van der Waals surface area contributed by atoms with Crippen LogP contribution in [0.15, 0.2) is 71.9 Å². The standard InChI is InChI=1S/C27H25N3O4S/c1-3-32-23-12-10-21(18(2)31)14-22(23)16-35-27-29-28-26(20-7-5-4-6-8-20)30(27)15-19-9-11-24-25(13-19)34-17-33-24/h4-14H,3,15-17H2,1-2H3. The molecule has 0 spiro atoms. The first-order valence-electron chi connectivity index (χ1n) is 11.4. The lowest BCUT2D eigenvalue weighted by molar-refractivity contribution is 0.101. The second kappa shape index (κ2) is 10.2. The molecule has 0 bridgehead atoms. The molecule has 0 unspecified atom stereocenters. The number of carbonyl (C=O) groups is 1. The Morgan fingerprint density at radius 2 is 1.86 bits per heavy atom. The number of hydrogen-bond acceptors (Lipinski definition) is 7. The van der Waals surface area contributed by atoms with E-state index >= 15 is 0 Å². The second-order valence-corrected chi connectivity index (χ2v) is 8.99. The number of benzene rings is 3. The van der Waals surface area contributed by atoms with Gasteiger partial charge in [-0.05, 0) is 49.7 Å². The van der Waals surface area contributed by atoms with Crippen molar-refractivity contribution in [3.05, 3.63) is 83.4 Å². The molecule has 35 heavy (non-hydrogen) atoms. The molecule has 1 aliphatic rings. The summed E-state index contributed by atoms with van der Waals surface area (Å²) in [4.78, 5) is 11.9. The Bertz CT molecular complexity index is 1350. The smallest absolute Gasteiger partial charge is 0.231 e. The summed E-state index contributed by atoms with van der Waals surface area (Å²) in [5, 5.41) is 9.82. The van der Waals surface area contributed by atoms with Gasteiger partial charge in [-0.15, -0.1) is 10.2 Å². The molecule has 0 aliphatic carbocycles. The number of Topliss-reactive ketones (excluding diaryl/α,β-unsaturated/α-hetero) is 1. The van der Waals surface area contributed by atoms with Crippen LogP contribution >= 0.6 is 11.8 Å². The van der Waals surface area contributed by atoms with Crippen LogP contribution in [0.4, 0.5) is 0 Å². The normalized spacial score (nSPS) is 12.1. The fourth-order valence-electron chi connectivity index (χ4n) is 3.91. The van der Waals surface area contributed by atoms with Crippen molar-refractivity contribution in [1.82, 2.24) is 14.8 Å². The minimum atomic E-state index is 0.0247. The average Bonchev–Trinajstić information content (AvgIpc) is 3.50. The number of carbonyl (C=O) groups excluding carboxylic acids is 1. The Morgan fingerprint density at radius 3 is 2.66 bits per heavy atom. The molecule has 0 saturated carbocycles. The number of nitrogens with zero attached hydrogens (tertiary/aromatic N) is 3. The molecular formula is C27H25N3O4S. The van der Waals surface area contributed by atoms with E-state index in [1.165, 1.54) is 0 Å². The molecule has 8 heteroatoms. The number of hydrogen-bond donors (Lipinski definition) is 0. The van der Waals surface area contributed by atoms with Crippen molar-refractivity contribution >= 4 is 17.5 Å². The van der Waals surface area contributed by atoms with Crippen molar-refractivity contribution in [2.45, 2.75) is 31.3 Å². The van der Waals surface area contributed by atoms with Crippen LogP contribution in [0.1, 0.15) is 35.3 Å². The summed E-state index contributed by atoms with van der Waals surface area (Å²) in [6, 6.07) is 21.5. The maximum absolute atomic E-state index is 11.9. The Labute approximate surface area is 208 Å². The minimum absolute atomic E-state index is 0.0247. The van der Waals surface area contributed by atoms with E-state index in [9.17, 15) is 4.79 Å². The van der Waals surface area contributed by atoms with Crippen LogP contribution in [0.2, 0.25) is 0 Å². The average molecular weight is 488 g/mol. The third-order valence-corrected chi connectivity index (χ3v) is 6.67. The molecule has 178 valence electrons. The molecule has 7 nitrogen and oxygen atoms in total. The zero-order chi connectivity index (χ0) is 24.2. The maximum atomic E-state index is 11.9. The van der Waals surface area contributed by atoms with Crippen LogP contribution in [-0.4, -0.2) is 33.9 Å². The highest BCUT2D eigenvalue weighted by molar-refractivity contribution is 7.98. The predicted octanol–water partition coefficient (Wildman–Crippen LogP) is 5.62. The summed E-state index contributed by atoms with van der Waals surface area (Å²) >= 11 is 1.56. The molecule has 0 amide bonds. The molecule has 0 atom stereocenters. The van der Waals surface area contributed by atoms with E-state index in [2.05, 4.69) is 14.8 Å². The lowest BCUT2D eigenvalue weighted by atomic mass is 10.1. The monoisotopic (exact) mass is 487 g/mol. The molecule has 1 aliphatic heterocycles. The number of aromatic nitrogens is 3. The SMILES string of the molecule is CCOc1ccc(C(C)=O)cc1CSc1nnc(-c2ccccc2)n1Cc1ccc2c(c1)OCO2. The third-order valence-electron chi connectivity index (χ3n) is 5.65. The van der Waals surface area contributed by atoms with E-state index in [1.807, 2.05) is 67.6 Å². The van der Waals surface area contributed by atoms with Gasteiger partial charge in [-0.1, -0.05) is 48.2 Å². The van der Waals surface area contributed by atoms with Gasteiger partial charge in [0.1, 0.15) is 5.75 Å². The van der Waals surface area contributed by atoms with Gasteiger partial charge in [0.15, 0.2) is 28.3 Å². The van der Waals surface area contributed by atoms with E-state index in [0.29, 0.717) is 24.5 Å². The summed E-state index contributed by atoms with van der Waals surface area (Å²) in [7, 11) is 0. The van der Waals surface area contributed by atoms with Gasteiger partial charge in [0.2, 0.25) is 6.79 Å². The van der Waals surface area contributed by atoms with Crippen LogP contribution in [0.3, 0.4) is 0 Å². The van der Waals surface area contributed by atoms with Crippen molar-refractivity contribution in [2.75, 3.05) is 13.4 Å². The highest BCUT2D eigenvalue weighted by atomic mass is 32.2. The van der Waals surface area contributed by atoms with E-state index in [1.54, 1.807) is 24.8 Å². The lowest BCUT2D eigenvalue weighted by Crippen LogP contribution is -2.05. The molecule has 4 aromatic rings. The van der Waals surface area contributed by atoms with Gasteiger partial charge in [-0.2, -0.15) is 0 Å². The Morgan fingerprint density at radius 1 is 1.03 bits per heavy atom. The quantitative estimate of drug-likeness (QED) is 0.224. The summed E-state index contributed by atoms with van der Waals surface area (Å²) in [5.74, 6) is 3.67. The van der Waals surface area contributed by atoms with Crippen molar-refractivity contribution in [3.8, 4) is 28.6 Å². The van der Waals surface area contributed by atoms with Crippen molar-refractivity contribution in [1.29, 1.82) is 0 Å². The van der Waals surface area contributed by atoms with Gasteiger partial charge in [0.25, 0.3) is 0 Å². The Hall–Kier alpha value is -3.78. The number of thioether (sulfide) groups is 1. The first-order valence-corrected chi connectivity index (χ1v) is 12.4. The van der Waals surface area contributed by atoms with E-state index in [-0.39, 0.29) is 12.6 Å². The molecule has 0 saturated heterocycles.